The summed E-state index contributed by atoms with van der Waals surface area (Å²) in [6.07, 6.45) is 0.179. The number of benzene rings is 1. The molecule has 6 heteroatoms. The third-order valence-electron chi connectivity index (χ3n) is 2.33. The Morgan fingerprint density at radius 1 is 1.35 bits per heavy atom. The number of hydrogen-bond donors (Lipinski definition) is 1. The first-order valence-corrected chi connectivity index (χ1v) is 7.17. The Kier molecular flexibility index (Phi) is 4.59. The van der Waals surface area contributed by atoms with Gasteiger partial charge < -0.3 is 5.11 Å². The average molecular weight is 264 g/mol. The van der Waals surface area contributed by atoms with Gasteiger partial charge in [0.05, 0.1) is 6.10 Å². The standard InChI is InChI=1S/C11H14F2O3S/c1-17(15,16)7-3-6-10(14)8-4-2-5-9(12)11(8)13/h2,4-5,10,14H,3,6-7H2,1H3. The number of rotatable bonds is 5. The maximum atomic E-state index is 13.3. The van der Waals surface area contributed by atoms with E-state index in [1.807, 2.05) is 0 Å². The Labute approximate surface area is 99.0 Å². The lowest BCUT2D eigenvalue weighted by Gasteiger charge is -2.11. The summed E-state index contributed by atoms with van der Waals surface area (Å²) in [6.45, 7) is 0. The van der Waals surface area contributed by atoms with Gasteiger partial charge in [0.1, 0.15) is 9.84 Å². The highest BCUT2D eigenvalue weighted by Gasteiger charge is 2.16. The zero-order chi connectivity index (χ0) is 13.1. The summed E-state index contributed by atoms with van der Waals surface area (Å²) in [6, 6.07) is 3.54. The highest BCUT2D eigenvalue weighted by Crippen LogP contribution is 2.23. The quantitative estimate of drug-likeness (QED) is 0.882. The van der Waals surface area contributed by atoms with E-state index in [2.05, 4.69) is 0 Å². The zero-order valence-corrected chi connectivity index (χ0v) is 10.2. The van der Waals surface area contributed by atoms with Gasteiger partial charge in [-0.05, 0) is 18.9 Å². The number of aliphatic hydroxyl groups is 1. The topological polar surface area (TPSA) is 54.4 Å². The molecule has 1 aromatic carbocycles. The number of sulfone groups is 1. The van der Waals surface area contributed by atoms with Crippen molar-refractivity contribution >= 4 is 9.84 Å². The van der Waals surface area contributed by atoms with Gasteiger partial charge in [-0.25, -0.2) is 17.2 Å². The summed E-state index contributed by atoms with van der Waals surface area (Å²) < 4.78 is 47.8. The van der Waals surface area contributed by atoms with Gasteiger partial charge in [-0.3, -0.25) is 0 Å². The first kappa shape index (κ1) is 14.1. The molecule has 1 aromatic rings. The van der Waals surface area contributed by atoms with Crippen LogP contribution >= 0.6 is 0 Å². The lowest BCUT2D eigenvalue weighted by Crippen LogP contribution is -2.07. The third kappa shape index (κ3) is 4.40. The predicted molar refractivity (Wildman–Crippen MR) is 60.3 cm³/mol. The molecule has 1 unspecified atom stereocenters. The molecule has 0 spiro atoms. The van der Waals surface area contributed by atoms with E-state index in [9.17, 15) is 22.3 Å². The SMILES string of the molecule is CS(=O)(=O)CCCC(O)c1cccc(F)c1F. The van der Waals surface area contributed by atoms with Crippen LogP contribution in [0.1, 0.15) is 24.5 Å². The van der Waals surface area contributed by atoms with E-state index in [0.717, 1.165) is 12.3 Å². The second-order valence-electron chi connectivity index (χ2n) is 3.93. The predicted octanol–water partition coefficient (Wildman–Crippen LogP) is 1.82. The van der Waals surface area contributed by atoms with Crippen LogP contribution in [-0.4, -0.2) is 25.5 Å². The Balaban J connectivity index is 2.64. The van der Waals surface area contributed by atoms with Gasteiger partial charge in [-0.2, -0.15) is 0 Å². The molecule has 0 heterocycles. The van der Waals surface area contributed by atoms with Gasteiger partial charge in [-0.1, -0.05) is 12.1 Å². The molecule has 1 rings (SSSR count). The molecule has 0 saturated heterocycles. The first-order chi connectivity index (χ1) is 7.81. The molecule has 0 aromatic heterocycles. The molecular weight excluding hydrogens is 250 g/mol. The van der Waals surface area contributed by atoms with Crippen molar-refractivity contribution in [2.75, 3.05) is 12.0 Å². The van der Waals surface area contributed by atoms with Crippen LogP contribution in [0.2, 0.25) is 0 Å². The molecule has 1 atom stereocenters. The van der Waals surface area contributed by atoms with Gasteiger partial charge >= 0.3 is 0 Å². The lowest BCUT2D eigenvalue weighted by molar-refractivity contribution is 0.161. The summed E-state index contributed by atoms with van der Waals surface area (Å²) >= 11 is 0. The minimum absolute atomic E-state index is 0.0768. The molecule has 0 saturated carbocycles. The van der Waals surface area contributed by atoms with Crippen LogP contribution in [0.25, 0.3) is 0 Å². The van der Waals surface area contributed by atoms with E-state index in [4.69, 9.17) is 0 Å². The minimum Gasteiger partial charge on any atom is -0.388 e. The molecule has 17 heavy (non-hydrogen) atoms. The summed E-state index contributed by atoms with van der Waals surface area (Å²) in [7, 11) is -3.10. The lowest BCUT2D eigenvalue weighted by atomic mass is 10.0. The van der Waals surface area contributed by atoms with Gasteiger partial charge in [0.2, 0.25) is 0 Å². The molecule has 0 fully saturated rings. The maximum Gasteiger partial charge on any atom is 0.164 e. The van der Waals surface area contributed by atoms with E-state index >= 15 is 0 Å². The van der Waals surface area contributed by atoms with E-state index in [0.29, 0.717) is 0 Å². The summed E-state index contributed by atoms with van der Waals surface area (Å²) in [4.78, 5) is 0. The fourth-order valence-corrected chi connectivity index (χ4v) is 2.16. The van der Waals surface area contributed by atoms with Gasteiger partial charge in [0.15, 0.2) is 11.6 Å². The average Bonchev–Trinajstić information content (AvgIpc) is 2.20. The highest BCUT2D eigenvalue weighted by atomic mass is 32.2. The minimum atomic E-state index is -3.10. The van der Waals surface area contributed by atoms with Crippen LogP contribution in [0.5, 0.6) is 0 Å². The van der Waals surface area contributed by atoms with Gasteiger partial charge in [0.25, 0.3) is 0 Å². The van der Waals surface area contributed by atoms with E-state index < -0.39 is 27.6 Å². The number of halogens is 2. The molecule has 1 N–H and O–H groups in total. The highest BCUT2D eigenvalue weighted by molar-refractivity contribution is 7.90. The van der Waals surface area contributed by atoms with Crippen molar-refractivity contribution in [2.24, 2.45) is 0 Å². The fraction of sp³-hybridized carbons (Fsp3) is 0.455. The summed E-state index contributed by atoms with van der Waals surface area (Å²) in [5.74, 6) is -2.19. The van der Waals surface area contributed by atoms with Gasteiger partial charge in [0, 0.05) is 17.6 Å². The Bertz CT molecular complexity index is 485. The molecule has 3 nitrogen and oxygen atoms in total. The molecule has 0 aliphatic heterocycles. The van der Waals surface area contributed by atoms with Crippen molar-refractivity contribution in [1.29, 1.82) is 0 Å². The molecule has 0 bridgehead atoms. The maximum absolute atomic E-state index is 13.3. The van der Waals surface area contributed by atoms with E-state index in [1.54, 1.807) is 0 Å². The van der Waals surface area contributed by atoms with Crippen molar-refractivity contribution in [3.63, 3.8) is 0 Å². The molecular formula is C11H14F2O3S. The number of aliphatic hydroxyl groups excluding tert-OH is 1. The normalized spacial score (nSPS) is 13.6. The summed E-state index contributed by atoms with van der Waals surface area (Å²) in [5, 5.41) is 9.62. The van der Waals surface area contributed by atoms with Crippen LogP contribution < -0.4 is 0 Å². The molecule has 0 amide bonds. The fourth-order valence-electron chi connectivity index (χ4n) is 1.47. The Morgan fingerprint density at radius 3 is 2.59 bits per heavy atom. The van der Waals surface area contributed by atoms with Crippen LogP contribution in [-0.2, 0) is 9.84 Å². The van der Waals surface area contributed by atoms with E-state index in [1.165, 1.54) is 12.1 Å². The summed E-state index contributed by atoms with van der Waals surface area (Å²) in [5.41, 5.74) is -0.140. The third-order valence-corrected chi connectivity index (χ3v) is 3.36. The molecule has 0 aliphatic carbocycles. The van der Waals surface area contributed by atoms with E-state index in [-0.39, 0.29) is 24.2 Å². The van der Waals surface area contributed by atoms with Crippen molar-refractivity contribution < 1.29 is 22.3 Å². The van der Waals surface area contributed by atoms with Crippen LogP contribution in [0, 0.1) is 11.6 Å². The van der Waals surface area contributed by atoms with Crippen LogP contribution in [0.15, 0.2) is 18.2 Å². The monoisotopic (exact) mass is 264 g/mol. The molecule has 96 valence electrons. The first-order valence-electron chi connectivity index (χ1n) is 5.11. The smallest absolute Gasteiger partial charge is 0.164 e. The Morgan fingerprint density at radius 2 is 2.00 bits per heavy atom. The largest absolute Gasteiger partial charge is 0.388 e. The molecule has 0 radical (unpaired) electrons. The molecule has 0 aliphatic rings. The number of hydrogen-bond acceptors (Lipinski definition) is 3. The second-order valence-corrected chi connectivity index (χ2v) is 6.19. The Hall–Kier alpha value is -1.01. The van der Waals surface area contributed by atoms with Crippen molar-refractivity contribution in [3.05, 3.63) is 35.4 Å². The zero-order valence-electron chi connectivity index (χ0n) is 9.36. The van der Waals surface area contributed by atoms with Crippen molar-refractivity contribution in [2.45, 2.75) is 18.9 Å². The van der Waals surface area contributed by atoms with Crippen molar-refractivity contribution in [1.82, 2.24) is 0 Å². The van der Waals surface area contributed by atoms with Crippen molar-refractivity contribution in [3.8, 4) is 0 Å². The second kappa shape index (κ2) is 5.55. The van der Waals surface area contributed by atoms with Gasteiger partial charge in [-0.15, -0.1) is 0 Å². The van der Waals surface area contributed by atoms with Crippen LogP contribution in [0.3, 0.4) is 0 Å². The van der Waals surface area contributed by atoms with Crippen LogP contribution in [0.4, 0.5) is 8.78 Å².